The molecule has 5 heteroatoms. The molecule has 23 heavy (non-hydrogen) atoms. The third-order valence-electron chi connectivity index (χ3n) is 4.22. The highest BCUT2D eigenvalue weighted by molar-refractivity contribution is 7.99. The summed E-state index contributed by atoms with van der Waals surface area (Å²) in [4.78, 5) is 14.4. The Morgan fingerprint density at radius 1 is 1.26 bits per heavy atom. The number of amides is 1. The van der Waals surface area contributed by atoms with E-state index in [4.69, 9.17) is 0 Å². The van der Waals surface area contributed by atoms with Crippen LogP contribution in [0, 0.1) is 5.92 Å². The Labute approximate surface area is 143 Å². The highest BCUT2D eigenvalue weighted by atomic mass is 32.2. The van der Waals surface area contributed by atoms with Gasteiger partial charge in [0.15, 0.2) is 0 Å². The first-order valence-corrected chi connectivity index (χ1v) is 9.57. The van der Waals surface area contributed by atoms with Gasteiger partial charge in [0, 0.05) is 36.8 Å². The molecule has 1 atom stereocenters. The van der Waals surface area contributed by atoms with Gasteiger partial charge in [-0.05, 0) is 30.0 Å². The van der Waals surface area contributed by atoms with E-state index < -0.39 is 6.10 Å². The maximum atomic E-state index is 11.9. The molecular formula is C18H28N2O2S. The number of hydrogen-bond acceptors (Lipinski definition) is 4. The van der Waals surface area contributed by atoms with Crippen LogP contribution in [-0.4, -0.2) is 53.2 Å². The number of hydrogen-bond donors (Lipinski definition) is 2. The number of nitrogens with zero attached hydrogens (tertiary/aromatic N) is 1. The van der Waals surface area contributed by atoms with Crippen LogP contribution in [0.25, 0.3) is 0 Å². The van der Waals surface area contributed by atoms with Crippen LogP contribution in [0.5, 0.6) is 0 Å². The molecule has 1 heterocycles. The second-order valence-electron chi connectivity index (χ2n) is 6.46. The molecule has 1 aliphatic heterocycles. The molecule has 1 aromatic carbocycles. The van der Waals surface area contributed by atoms with Gasteiger partial charge in [-0.1, -0.05) is 26.0 Å². The number of nitrogens with one attached hydrogen (secondary N) is 1. The molecular weight excluding hydrogens is 308 g/mol. The van der Waals surface area contributed by atoms with Crippen molar-refractivity contribution in [3.63, 3.8) is 0 Å². The van der Waals surface area contributed by atoms with Gasteiger partial charge in [0.2, 0.25) is 5.91 Å². The van der Waals surface area contributed by atoms with E-state index in [0.29, 0.717) is 0 Å². The minimum atomic E-state index is -0.586. The number of rotatable bonds is 7. The molecule has 2 N–H and O–H groups in total. The van der Waals surface area contributed by atoms with Gasteiger partial charge >= 0.3 is 0 Å². The Kier molecular flexibility index (Phi) is 7.40. The lowest BCUT2D eigenvalue weighted by Gasteiger charge is -2.26. The molecule has 1 saturated heterocycles. The molecule has 0 spiro atoms. The number of carbonyl (C=O) groups excluding carboxylic acids is 1. The average Bonchev–Trinajstić information content (AvgIpc) is 2.55. The Balaban J connectivity index is 1.76. The predicted molar refractivity (Wildman–Crippen MR) is 98.0 cm³/mol. The third kappa shape index (κ3) is 6.53. The SMILES string of the molecule is CC(C)C(O)CC(=O)Nc1ccc(CCN2CCSCC2)cc1. The van der Waals surface area contributed by atoms with Crippen LogP contribution in [0.2, 0.25) is 0 Å². The maximum Gasteiger partial charge on any atom is 0.226 e. The third-order valence-corrected chi connectivity index (χ3v) is 5.16. The van der Waals surface area contributed by atoms with E-state index in [1.807, 2.05) is 37.7 Å². The first-order chi connectivity index (χ1) is 11.0. The summed E-state index contributed by atoms with van der Waals surface area (Å²) in [5.74, 6) is 2.45. The molecule has 2 rings (SSSR count). The van der Waals surface area contributed by atoms with Crippen molar-refractivity contribution >= 4 is 23.4 Å². The number of aliphatic hydroxyl groups is 1. The summed E-state index contributed by atoms with van der Waals surface area (Å²) in [7, 11) is 0. The molecule has 4 nitrogen and oxygen atoms in total. The first-order valence-electron chi connectivity index (χ1n) is 8.41. The highest BCUT2D eigenvalue weighted by Crippen LogP contribution is 2.14. The van der Waals surface area contributed by atoms with Crippen molar-refractivity contribution in [3.05, 3.63) is 29.8 Å². The first kappa shape index (κ1) is 18.3. The maximum absolute atomic E-state index is 11.9. The normalized spacial score (nSPS) is 17.2. The number of aliphatic hydroxyl groups excluding tert-OH is 1. The number of carbonyl (C=O) groups is 1. The zero-order valence-corrected chi connectivity index (χ0v) is 14.9. The Morgan fingerprint density at radius 3 is 2.52 bits per heavy atom. The number of thioether (sulfide) groups is 1. The van der Waals surface area contributed by atoms with Crippen LogP contribution in [-0.2, 0) is 11.2 Å². The van der Waals surface area contributed by atoms with Crippen LogP contribution in [0.15, 0.2) is 24.3 Å². The highest BCUT2D eigenvalue weighted by Gasteiger charge is 2.14. The van der Waals surface area contributed by atoms with Crippen molar-refractivity contribution in [2.24, 2.45) is 5.92 Å². The van der Waals surface area contributed by atoms with Crippen molar-refractivity contribution in [3.8, 4) is 0 Å². The van der Waals surface area contributed by atoms with Gasteiger partial charge in [-0.15, -0.1) is 0 Å². The summed E-state index contributed by atoms with van der Waals surface area (Å²) in [6.45, 7) is 7.31. The minimum absolute atomic E-state index is 0.0938. The van der Waals surface area contributed by atoms with Gasteiger partial charge in [-0.25, -0.2) is 0 Å². The quantitative estimate of drug-likeness (QED) is 0.804. The Bertz CT molecular complexity index is 484. The fourth-order valence-electron chi connectivity index (χ4n) is 2.50. The van der Waals surface area contributed by atoms with Crippen LogP contribution >= 0.6 is 11.8 Å². The lowest BCUT2D eigenvalue weighted by molar-refractivity contribution is -0.118. The zero-order valence-electron chi connectivity index (χ0n) is 14.1. The van der Waals surface area contributed by atoms with Gasteiger partial charge in [0.25, 0.3) is 0 Å². The van der Waals surface area contributed by atoms with Gasteiger partial charge in [-0.3, -0.25) is 4.79 Å². The molecule has 0 aliphatic carbocycles. The van der Waals surface area contributed by atoms with Gasteiger partial charge in [-0.2, -0.15) is 11.8 Å². The molecule has 1 aromatic rings. The molecule has 0 radical (unpaired) electrons. The fraction of sp³-hybridized carbons (Fsp3) is 0.611. The van der Waals surface area contributed by atoms with E-state index in [1.54, 1.807) is 0 Å². The molecule has 0 bridgehead atoms. The van der Waals surface area contributed by atoms with Crippen LogP contribution in [0.4, 0.5) is 5.69 Å². The molecule has 1 amide bonds. The van der Waals surface area contributed by atoms with Crippen LogP contribution in [0.3, 0.4) is 0 Å². The summed E-state index contributed by atoms with van der Waals surface area (Å²) in [6, 6.07) is 8.04. The Hall–Kier alpha value is -1.04. The molecule has 0 aromatic heterocycles. The smallest absolute Gasteiger partial charge is 0.226 e. The fourth-order valence-corrected chi connectivity index (χ4v) is 3.48. The summed E-state index contributed by atoms with van der Waals surface area (Å²) in [5, 5.41) is 12.6. The van der Waals surface area contributed by atoms with Crippen molar-refractivity contribution in [1.82, 2.24) is 4.90 Å². The summed E-state index contributed by atoms with van der Waals surface area (Å²) >= 11 is 2.03. The van der Waals surface area contributed by atoms with Gasteiger partial charge < -0.3 is 15.3 Å². The molecule has 128 valence electrons. The lowest BCUT2D eigenvalue weighted by atomic mass is 10.0. The summed E-state index contributed by atoms with van der Waals surface area (Å²) < 4.78 is 0. The predicted octanol–water partition coefficient (Wildman–Crippen LogP) is 2.62. The largest absolute Gasteiger partial charge is 0.392 e. The van der Waals surface area contributed by atoms with Gasteiger partial charge in [0.1, 0.15) is 0 Å². The van der Waals surface area contributed by atoms with Crippen LogP contribution < -0.4 is 5.32 Å². The van der Waals surface area contributed by atoms with Crippen molar-refractivity contribution in [2.45, 2.75) is 32.8 Å². The van der Waals surface area contributed by atoms with Crippen LogP contribution in [0.1, 0.15) is 25.8 Å². The van der Waals surface area contributed by atoms with Crippen molar-refractivity contribution in [2.75, 3.05) is 36.5 Å². The van der Waals surface area contributed by atoms with E-state index in [2.05, 4.69) is 22.3 Å². The standard InChI is InChI=1S/C18H28N2O2S/c1-14(2)17(21)13-18(22)19-16-5-3-15(4-6-16)7-8-20-9-11-23-12-10-20/h3-6,14,17,21H,7-13H2,1-2H3,(H,19,22). The van der Waals surface area contributed by atoms with E-state index in [1.165, 1.54) is 30.2 Å². The van der Waals surface area contributed by atoms with Gasteiger partial charge in [0.05, 0.1) is 12.5 Å². The van der Waals surface area contributed by atoms with E-state index in [-0.39, 0.29) is 18.2 Å². The number of anilines is 1. The molecule has 1 fully saturated rings. The summed E-state index contributed by atoms with van der Waals surface area (Å²) in [5.41, 5.74) is 2.09. The lowest BCUT2D eigenvalue weighted by Crippen LogP contribution is -2.34. The average molecular weight is 337 g/mol. The second-order valence-corrected chi connectivity index (χ2v) is 7.69. The van der Waals surface area contributed by atoms with E-state index >= 15 is 0 Å². The monoisotopic (exact) mass is 336 g/mol. The molecule has 0 saturated carbocycles. The number of benzene rings is 1. The molecule has 1 unspecified atom stereocenters. The van der Waals surface area contributed by atoms with Crippen molar-refractivity contribution in [1.29, 1.82) is 0 Å². The van der Waals surface area contributed by atoms with Crippen molar-refractivity contribution < 1.29 is 9.90 Å². The topological polar surface area (TPSA) is 52.6 Å². The minimum Gasteiger partial charge on any atom is -0.392 e. The Morgan fingerprint density at radius 2 is 1.91 bits per heavy atom. The molecule has 1 aliphatic rings. The second kappa shape index (κ2) is 9.30. The zero-order chi connectivity index (χ0) is 16.7. The van der Waals surface area contributed by atoms with E-state index in [0.717, 1.165) is 18.7 Å². The van der Waals surface area contributed by atoms with E-state index in [9.17, 15) is 9.90 Å². The summed E-state index contributed by atoms with van der Waals surface area (Å²) in [6.07, 6.45) is 0.606.